The monoisotopic (exact) mass is 295 g/mol. The van der Waals surface area contributed by atoms with Crippen LogP contribution in [0, 0.1) is 6.92 Å². The number of hydrogen-bond acceptors (Lipinski definition) is 3. The number of carbonyl (C=O) groups excluding carboxylic acids is 2. The Balaban J connectivity index is 1.97. The normalized spacial score (nSPS) is 10.5. The number of amides is 1. The van der Waals surface area contributed by atoms with Crippen LogP contribution in [0.1, 0.15) is 21.5 Å². The molecule has 0 atom stereocenters. The Hall–Kier alpha value is -2.88. The van der Waals surface area contributed by atoms with Crippen LogP contribution in [-0.4, -0.2) is 19.0 Å². The summed E-state index contributed by atoms with van der Waals surface area (Å²) < 4.78 is 4.63. The summed E-state index contributed by atoms with van der Waals surface area (Å²) in [5, 5.41) is 2.78. The zero-order chi connectivity index (χ0) is 15.9. The summed E-state index contributed by atoms with van der Waals surface area (Å²) in [4.78, 5) is 23.1. The first-order valence-corrected chi connectivity index (χ1v) is 6.82. The number of aryl methyl sites for hydroxylation is 1. The van der Waals surface area contributed by atoms with Crippen molar-refractivity contribution in [3.63, 3.8) is 0 Å². The fourth-order valence-electron chi connectivity index (χ4n) is 1.84. The summed E-state index contributed by atoms with van der Waals surface area (Å²) in [5.74, 6) is -0.589. The molecule has 0 aromatic heterocycles. The predicted octanol–water partition coefficient (Wildman–Crippen LogP) is 3.43. The second-order valence-corrected chi connectivity index (χ2v) is 4.80. The van der Waals surface area contributed by atoms with Crippen molar-refractivity contribution in [1.29, 1.82) is 0 Å². The van der Waals surface area contributed by atoms with E-state index in [2.05, 4.69) is 10.1 Å². The molecule has 0 aliphatic rings. The maximum absolute atomic E-state index is 11.8. The van der Waals surface area contributed by atoms with E-state index >= 15 is 0 Å². The highest BCUT2D eigenvalue weighted by Crippen LogP contribution is 2.10. The van der Waals surface area contributed by atoms with Crippen molar-refractivity contribution in [2.45, 2.75) is 6.92 Å². The number of ether oxygens (including phenoxy) is 1. The van der Waals surface area contributed by atoms with Gasteiger partial charge in [-0.15, -0.1) is 0 Å². The molecule has 112 valence electrons. The predicted molar refractivity (Wildman–Crippen MR) is 86.6 cm³/mol. The van der Waals surface area contributed by atoms with Crippen LogP contribution in [0.5, 0.6) is 0 Å². The van der Waals surface area contributed by atoms with E-state index in [-0.39, 0.29) is 11.9 Å². The number of rotatable bonds is 4. The minimum absolute atomic E-state index is 0.208. The van der Waals surface area contributed by atoms with Gasteiger partial charge in [0, 0.05) is 11.8 Å². The molecule has 0 spiro atoms. The molecule has 0 radical (unpaired) electrons. The molecule has 4 nitrogen and oxygen atoms in total. The summed E-state index contributed by atoms with van der Waals surface area (Å²) >= 11 is 0. The van der Waals surface area contributed by atoms with E-state index in [1.165, 1.54) is 13.2 Å². The molecule has 0 heterocycles. The highest BCUT2D eigenvalue weighted by molar-refractivity contribution is 6.02. The van der Waals surface area contributed by atoms with Gasteiger partial charge in [0.15, 0.2) is 0 Å². The van der Waals surface area contributed by atoms with Crippen molar-refractivity contribution >= 4 is 23.6 Å². The standard InChI is InChI=1S/C18H17NO3/c1-13-3-10-16(11-4-13)19-17(20)12-7-14-5-8-15(9-6-14)18(21)22-2/h3-12H,1-2H3,(H,19,20)/b12-7+. The average molecular weight is 295 g/mol. The quantitative estimate of drug-likeness (QED) is 0.694. The highest BCUT2D eigenvalue weighted by Gasteiger charge is 2.03. The van der Waals surface area contributed by atoms with Crippen LogP contribution >= 0.6 is 0 Å². The molecule has 4 heteroatoms. The van der Waals surface area contributed by atoms with Crippen molar-refractivity contribution in [2.24, 2.45) is 0 Å². The molecule has 0 saturated carbocycles. The molecular formula is C18H17NO3. The van der Waals surface area contributed by atoms with Gasteiger partial charge in [-0.25, -0.2) is 4.79 Å². The van der Waals surface area contributed by atoms with Gasteiger partial charge in [0.2, 0.25) is 5.91 Å². The van der Waals surface area contributed by atoms with Crippen molar-refractivity contribution in [2.75, 3.05) is 12.4 Å². The second kappa shape index (κ2) is 7.22. The lowest BCUT2D eigenvalue weighted by molar-refractivity contribution is -0.111. The Morgan fingerprint density at radius 1 is 1.00 bits per heavy atom. The third-order valence-corrected chi connectivity index (χ3v) is 3.08. The lowest BCUT2D eigenvalue weighted by atomic mass is 10.1. The van der Waals surface area contributed by atoms with Gasteiger partial charge < -0.3 is 10.1 Å². The topological polar surface area (TPSA) is 55.4 Å². The maximum Gasteiger partial charge on any atom is 0.337 e. The van der Waals surface area contributed by atoms with E-state index in [0.29, 0.717) is 5.56 Å². The number of carbonyl (C=O) groups is 2. The molecule has 22 heavy (non-hydrogen) atoms. The molecule has 2 aromatic carbocycles. The lowest BCUT2D eigenvalue weighted by Gasteiger charge is -2.02. The summed E-state index contributed by atoms with van der Waals surface area (Å²) in [6, 6.07) is 14.4. The number of methoxy groups -OCH3 is 1. The Kier molecular flexibility index (Phi) is 5.09. The molecule has 0 fully saturated rings. The summed E-state index contributed by atoms with van der Waals surface area (Å²) in [5.41, 5.74) is 3.19. The van der Waals surface area contributed by atoms with Crippen molar-refractivity contribution in [3.8, 4) is 0 Å². The third-order valence-electron chi connectivity index (χ3n) is 3.08. The first-order valence-electron chi connectivity index (χ1n) is 6.82. The second-order valence-electron chi connectivity index (χ2n) is 4.80. The summed E-state index contributed by atoms with van der Waals surface area (Å²) in [7, 11) is 1.34. The summed E-state index contributed by atoms with van der Waals surface area (Å²) in [6.07, 6.45) is 3.14. The molecule has 1 N–H and O–H groups in total. The number of nitrogens with one attached hydrogen (secondary N) is 1. The van der Waals surface area contributed by atoms with Gasteiger partial charge in [0.25, 0.3) is 0 Å². The van der Waals surface area contributed by atoms with E-state index in [1.807, 2.05) is 31.2 Å². The first-order chi connectivity index (χ1) is 10.6. The van der Waals surface area contributed by atoms with Crippen LogP contribution in [0.2, 0.25) is 0 Å². The Morgan fingerprint density at radius 3 is 2.23 bits per heavy atom. The van der Waals surface area contributed by atoms with E-state index < -0.39 is 0 Å². The van der Waals surface area contributed by atoms with Gasteiger partial charge in [-0.2, -0.15) is 0 Å². The van der Waals surface area contributed by atoms with E-state index in [0.717, 1.165) is 16.8 Å². The van der Waals surface area contributed by atoms with E-state index in [9.17, 15) is 9.59 Å². The minimum atomic E-state index is -0.382. The van der Waals surface area contributed by atoms with Crippen LogP contribution in [0.15, 0.2) is 54.6 Å². The van der Waals surface area contributed by atoms with Crippen LogP contribution in [0.4, 0.5) is 5.69 Å². The molecule has 0 unspecified atom stereocenters. The fraction of sp³-hybridized carbons (Fsp3) is 0.111. The summed E-state index contributed by atoms with van der Waals surface area (Å²) in [6.45, 7) is 1.99. The van der Waals surface area contributed by atoms with Crippen molar-refractivity contribution in [3.05, 3.63) is 71.3 Å². The molecule has 0 saturated heterocycles. The number of esters is 1. The Bertz CT molecular complexity index is 685. The lowest BCUT2D eigenvalue weighted by Crippen LogP contribution is -2.07. The number of hydrogen-bond donors (Lipinski definition) is 1. The molecule has 2 aromatic rings. The van der Waals surface area contributed by atoms with Gasteiger partial charge in [0.05, 0.1) is 12.7 Å². The molecule has 0 aliphatic carbocycles. The van der Waals surface area contributed by atoms with Gasteiger partial charge in [-0.3, -0.25) is 4.79 Å². The largest absolute Gasteiger partial charge is 0.465 e. The maximum atomic E-state index is 11.8. The van der Waals surface area contributed by atoms with E-state index in [1.54, 1.807) is 30.3 Å². The van der Waals surface area contributed by atoms with E-state index in [4.69, 9.17) is 0 Å². The van der Waals surface area contributed by atoms with Crippen LogP contribution < -0.4 is 5.32 Å². The number of anilines is 1. The zero-order valence-electron chi connectivity index (χ0n) is 12.5. The minimum Gasteiger partial charge on any atom is -0.465 e. The molecular weight excluding hydrogens is 278 g/mol. The van der Waals surface area contributed by atoms with Crippen LogP contribution in [0.3, 0.4) is 0 Å². The molecule has 2 rings (SSSR count). The Labute approximate surface area is 129 Å². The third kappa shape index (κ3) is 4.31. The smallest absolute Gasteiger partial charge is 0.337 e. The van der Waals surface area contributed by atoms with Crippen LogP contribution in [-0.2, 0) is 9.53 Å². The van der Waals surface area contributed by atoms with Gasteiger partial charge in [-0.05, 0) is 42.8 Å². The van der Waals surface area contributed by atoms with Crippen molar-refractivity contribution in [1.82, 2.24) is 0 Å². The van der Waals surface area contributed by atoms with Gasteiger partial charge in [0.1, 0.15) is 0 Å². The highest BCUT2D eigenvalue weighted by atomic mass is 16.5. The number of benzene rings is 2. The Morgan fingerprint density at radius 2 is 1.64 bits per heavy atom. The van der Waals surface area contributed by atoms with Gasteiger partial charge >= 0.3 is 5.97 Å². The molecule has 1 amide bonds. The molecule has 0 aliphatic heterocycles. The SMILES string of the molecule is COC(=O)c1ccc(/C=C/C(=O)Nc2ccc(C)cc2)cc1. The zero-order valence-corrected chi connectivity index (χ0v) is 12.5. The van der Waals surface area contributed by atoms with Crippen molar-refractivity contribution < 1.29 is 14.3 Å². The first kappa shape index (κ1) is 15.5. The van der Waals surface area contributed by atoms with Crippen LogP contribution in [0.25, 0.3) is 6.08 Å². The average Bonchev–Trinajstić information content (AvgIpc) is 2.55. The molecule has 0 bridgehead atoms. The fourth-order valence-corrected chi connectivity index (χ4v) is 1.84. The van der Waals surface area contributed by atoms with Gasteiger partial charge in [-0.1, -0.05) is 29.8 Å².